The molecule has 0 aromatic carbocycles. The van der Waals surface area contributed by atoms with Crippen molar-refractivity contribution in [1.82, 2.24) is 9.88 Å². The van der Waals surface area contributed by atoms with Gasteiger partial charge >= 0.3 is 0 Å². The third kappa shape index (κ3) is 3.05. The van der Waals surface area contributed by atoms with Gasteiger partial charge in [-0.1, -0.05) is 12.0 Å². The summed E-state index contributed by atoms with van der Waals surface area (Å²) in [5.41, 5.74) is 7.19. The maximum absolute atomic E-state index is 11.3. The Morgan fingerprint density at radius 2 is 2.35 bits per heavy atom. The van der Waals surface area contributed by atoms with Crippen molar-refractivity contribution in [3.63, 3.8) is 0 Å². The number of carbonyl (C=O) groups excluding carboxylic acids is 1. The first-order valence-corrected chi connectivity index (χ1v) is 5.71. The molecule has 0 radical (unpaired) electrons. The number of hydrogen-bond acceptors (Lipinski definition) is 3. The van der Waals surface area contributed by atoms with Gasteiger partial charge < -0.3 is 10.6 Å². The summed E-state index contributed by atoms with van der Waals surface area (Å²) >= 11 is 0. The fraction of sp³-hybridized carbons (Fsp3) is 0.385. The zero-order valence-electron chi connectivity index (χ0n) is 9.65. The van der Waals surface area contributed by atoms with Crippen molar-refractivity contribution in [3.8, 4) is 11.8 Å². The molecule has 4 heteroatoms. The largest absolute Gasteiger partial charge is 0.332 e. The van der Waals surface area contributed by atoms with E-state index >= 15 is 0 Å². The van der Waals surface area contributed by atoms with Crippen LogP contribution in [0.5, 0.6) is 0 Å². The van der Waals surface area contributed by atoms with E-state index in [1.54, 1.807) is 11.1 Å². The zero-order valence-corrected chi connectivity index (χ0v) is 9.65. The Hall–Kier alpha value is -1.86. The van der Waals surface area contributed by atoms with Gasteiger partial charge in [0, 0.05) is 25.7 Å². The van der Waals surface area contributed by atoms with E-state index < -0.39 is 0 Å². The second-order valence-electron chi connectivity index (χ2n) is 3.98. The van der Waals surface area contributed by atoms with Crippen molar-refractivity contribution in [2.24, 2.45) is 5.73 Å². The van der Waals surface area contributed by atoms with Crippen molar-refractivity contribution in [2.75, 3.05) is 13.1 Å². The molecule has 1 aliphatic heterocycles. The highest BCUT2D eigenvalue weighted by Gasteiger charge is 2.18. The minimum Gasteiger partial charge on any atom is -0.332 e. The van der Waals surface area contributed by atoms with Crippen LogP contribution in [-0.4, -0.2) is 28.9 Å². The normalized spacial score (nSPS) is 14.6. The summed E-state index contributed by atoms with van der Waals surface area (Å²) in [6, 6.07) is 3.76. The lowest BCUT2D eigenvalue weighted by Crippen LogP contribution is -2.24. The fourth-order valence-corrected chi connectivity index (χ4v) is 1.72. The highest BCUT2D eigenvalue weighted by Crippen LogP contribution is 2.07. The summed E-state index contributed by atoms with van der Waals surface area (Å²) in [7, 11) is 0. The molecule has 1 fully saturated rings. The molecule has 1 aromatic rings. The quantitative estimate of drug-likeness (QED) is 0.752. The number of aromatic nitrogens is 1. The molecule has 0 atom stereocenters. The molecule has 2 rings (SSSR count). The van der Waals surface area contributed by atoms with Gasteiger partial charge in [-0.2, -0.15) is 0 Å². The van der Waals surface area contributed by atoms with Crippen LogP contribution in [0.3, 0.4) is 0 Å². The van der Waals surface area contributed by atoms with Gasteiger partial charge in [-0.05, 0) is 24.0 Å². The summed E-state index contributed by atoms with van der Waals surface area (Å²) < 4.78 is 0. The second-order valence-corrected chi connectivity index (χ2v) is 3.98. The molecule has 0 aliphatic carbocycles. The summed E-state index contributed by atoms with van der Waals surface area (Å²) in [5.74, 6) is 6.12. The van der Waals surface area contributed by atoms with Crippen molar-refractivity contribution in [2.45, 2.75) is 19.4 Å². The molecular formula is C13H15N3O. The van der Waals surface area contributed by atoms with E-state index in [0.29, 0.717) is 25.2 Å². The summed E-state index contributed by atoms with van der Waals surface area (Å²) in [5, 5.41) is 0. The molecule has 0 unspecified atom stereocenters. The predicted molar refractivity (Wildman–Crippen MR) is 64.8 cm³/mol. The molecule has 1 amide bonds. The number of amides is 1. The van der Waals surface area contributed by atoms with Crippen molar-refractivity contribution < 1.29 is 4.79 Å². The average molecular weight is 229 g/mol. The van der Waals surface area contributed by atoms with E-state index in [1.807, 2.05) is 12.1 Å². The highest BCUT2D eigenvalue weighted by molar-refractivity contribution is 5.78. The number of likely N-dealkylation sites (tertiary alicyclic amines) is 1. The molecule has 88 valence electrons. The Bertz CT molecular complexity index is 456. The van der Waals surface area contributed by atoms with E-state index in [4.69, 9.17) is 5.73 Å². The number of nitrogens with zero attached hydrogens (tertiary/aromatic N) is 2. The first-order valence-electron chi connectivity index (χ1n) is 5.71. The van der Waals surface area contributed by atoms with E-state index in [0.717, 1.165) is 18.5 Å². The van der Waals surface area contributed by atoms with Gasteiger partial charge in [-0.25, -0.2) is 4.98 Å². The fourth-order valence-electron chi connectivity index (χ4n) is 1.72. The molecule has 17 heavy (non-hydrogen) atoms. The number of rotatable bonds is 2. The lowest BCUT2D eigenvalue weighted by Gasteiger charge is -2.09. The Balaban J connectivity index is 1.93. The number of pyridine rings is 1. The molecule has 1 aromatic heterocycles. The van der Waals surface area contributed by atoms with Crippen LogP contribution >= 0.6 is 0 Å². The van der Waals surface area contributed by atoms with E-state index in [1.165, 1.54) is 0 Å². The highest BCUT2D eigenvalue weighted by atomic mass is 16.2. The molecule has 0 saturated carbocycles. The Kier molecular flexibility index (Phi) is 3.73. The summed E-state index contributed by atoms with van der Waals surface area (Å²) in [4.78, 5) is 17.3. The molecule has 0 spiro atoms. The molecule has 0 bridgehead atoms. The van der Waals surface area contributed by atoms with E-state index in [-0.39, 0.29) is 5.91 Å². The second kappa shape index (κ2) is 5.46. The molecular weight excluding hydrogens is 214 g/mol. The monoisotopic (exact) mass is 229 g/mol. The van der Waals surface area contributed by atoms with Gasteiger partial charge in [0.2, 0.25) is 5.91 Å². The van der Waals surface area contributed by atoms with Crippen LogP contribution in [0.15, 0.2) is 18.3 Å². The van der Waals surface area contributed by atoms with Crippen molar-refractivity contribution in [3.05, 3.63) is 29.6 Å². The van der Waals surface area contributed by atoms with Crippen LogP contribution in [-0.2, 0) is 11.3 Å². The SMILES string of the molecule is NCc1ccc(C#CCN2CCCC2=O)nc1. The first-order chi connectivity index (χ1) is 8.29. The maximum Gasteiger partial charge on any atom is 0.223 e. The molecule has 2 heterocycles. The van der Waals surface area contributed by atoms with Crippen LogP contribution in [0.2, 0.25) is 0 Å². The smallest absolute Gasteiger partial charge is 0.223 e. The van der Waals surface area contributed by atoms with Crippen LogP contribution in [0, 0.1) is 11.8 Å². The standard InChI is InChI=1S/C13H15N3O/c14-9-11-5-6-12(15-10-11)3-1-7-16-8-2-4-13(16)17/h5-6,10H,2,4,7-9,14H2. The predicted octanol–water partition coefficient (Wildman–Crippen LogP) is 0.514. The minimum absolute atomic E-state index is 0.200. The topological polar surface area (TPSA) is 59.2 Å². The third-order valence-electron chi connectivity index (χ3n) is 2.72. The van der Waals surface area contributed by atoms with Gasteiger partial charge in [0.25, 0.3) is 0 Å². The number of hydrogen-bond donors (Lipinski definition) is 1. The van der Waals surface area contributed by atoms with Crippen LogP contribution in [0.1, 0.15) is 24.1 Å². The van der Waals surface area contributed by atoms with Gasteiger partial charge in [0.05, 0.1) is 6.54 Å². The summed E-state index contributed by atoms with van der Waals surface area (Å²) in [6.07, 6.45) is 3.33. The van der Waals surface area contributed by atoms with Crippen LogP contribution in [0.25, 0.3) is 0 Å². The van der Waals surface area contributed by atoms with Gasteiger partial charge in [0.15, 0.2) is 0 Å². The first kappa shape index (κ1) is 11.6. The van der Waals surface area contributed by atoms with E-state index in [9.17, 15) is 4.79 Å². The van der Waals surface area contributed by atoms with Crippen LogP contribution in [0.4, 0.5) is 0 Å². The number of carbonyl (C=O) groups is 1. The molecule has 2 N–H and O–H groups in total. The molecule has 4 nitrogen and oxygen atoms in total. The zero-order chi connectivity index (χ0) is 12.1. The van der Waals surface area contributed by atoms with Gasteiger partial charge in [-0.3, -0.25) is 4.79 Å². The van der Waals surface area contributed by atoms with Crippen LogP contribution < -0.4 is 5.73 Å². The lowest BCUT2D eigenvalue weighted by molar-refractivity contribution is -0.127. The molecule has 1 saturated heterocycles. The lowest BCUT2D eigenvalue weighted by atomic mass is 10.2. The Morgan fingerprint density at radius 1 is 1.47 bits per heavy atom. The maximum atomic E-state index is 11.3. The van der Waals surface area contributed by atoms with Gasteiger partial charge in [-0.15, -0.1) is 0 Å². The summed E-state index contributed by atoms with van der Waals surface area (Å²) in [6.45, 7) is 1.81. The van der Waals surface area contributed by atoms with Crippen molar-refractivity contribution in [1.29, 1.82) is 0 Å². The number of nitrogens with two attached hydrogens (primary N) is 1. The third-order valence-corrected chi connectivity index (χ3v) is 2.72. The molecule has 1 aliphatic rings. The Morgan fingerprint density at radius 3 is 2.94 bits per heavy atom. The Labute approximate surface area is 101 Å². The van der Waals surface area contributed by atoms with E-state index in [2.05, 4.69) is 16.8 Å². The minimum atomic E-state index is 0.200. The van der Waals surface area contributed by atoms with Crippen molar-refractivity contribution >= 4 is 5.91 Å². The van der Waals surface area contributed by atoms with Gasteiger partial charge in [0.1, 0.15) is 5.69 Å². The average Bonchev–Trinajstić information content (AvgIpc) is 2.76.